The van der Waals surface area contributed by atoms with Gasteiger partial charge >= 0.3 is 15.5 Å². The summed E-state index contributed by atoms with van der Waals surface area (Å²) < 4.78 is 61.5. The second kappa shape index (κ2) is 10.6. The fourth-order valence-corrected chi connectivity index (χ4v) is 4.28. The third-order valence-corrected chi connectivity index (χ3v) is 6.67. The monoisotopic (exact) mass is 541 g/mol. The van der Waals surface area contributed by atoms with Crippen LogP contribution in [0.15, 0.2) is 4.99 Å². The summed E-state index contributed by atoms with van der Waals surface area (Å²) in [6, 6.07) is 0.264. The van der Waals surface area contributed by atoms with E-state index in [0.29, 0.717) is 48.2 Å². The summed E-state index contributed by atoms with van der Waals surface area (Å²) in [5.41, 5.74) is -5.24. The fourth-order valence-electron chi connectivity index (χ4n) is 3.30. The van der Waals surface area contributed by atoms with Gasteiger partial charge in [0, 0.05) is 31.7 Å². The van der Waals surface area contributed by atoms with E-state index in [1.54, 1.807) is 0 Å². The van der Waals surface area contributed by atoms with Crippen molar-refractivity contribution in [2.45, 2.75) is 50.2 Å². The van der Waals surface area contributed by atoms with Gasteiger partial charge in [-0.25, -0.2) is 8.42 Å². The number of hydrogen-bond acceptors (Lipinski definition) is 4. The van der Waals surface area contributed by atoms with Gasteiger partial charge in [-0.05, 0) is 52.6 Å². The smallest absolute Gasteiger partial charge is 0.357 e. The van der Waals surface area contributed by atoms with Crippen molar-refractivity contribution in [3.05, 3.63) is 0 Å². The minimum atomic E-state index is -5.24. The van der Waals surface area contributed by atoms with Crippen LogP contribution in [0.4, 0.5) is 13.2 Å². The fraction of sp³-hybridized carbons (Fsp3) is 0.938. The standard InChI is InChI=1S/C16H30F3N5O2S.HI/c1-4-20-15(21-11-14(23(2)3)12-5-6-12)22-13-7-9-24(10-8-13)27(25,26)16(17,18)19;/h12-14H,4-11H2,1-3H3,(H2,20,21,22);1H. The molecule has 0 bridgehead atoms. The maximum atomic E-state index is 12.7. The predicted octanol–water partition coefficient (Wildman–Crippen LogP) is 1.81. The summed E-state index contributed by atoms with van der Waals surface area (Å²) in [5.74, 6) is 1.30. The van der Waals surface area contributed by atoms with Gasteiger partial charge in [0.1, 0.15) is 0 Å². The molecular weight excluding hydrogens is 510 g/mol. The lowest BCUT2D eigenvalue weighted by Crippen LogP contribution is -2.51. The molecule has 1 heterocycles. The van der Waals surface area contributed by atoms with Crippen LogP contribution in [0.5, 0.6) is 0 Å². The lowest BCUT2D eigenvalue weighted by atomic mass is 10.1. The molecule has 2 aliphatic rings. The molecule has 0 aromatic rings. The number of nitrogens with one attached hydrogen (secondary N) is 2. The zero-order chi connectivity index (χ0) is 20.2. The zero-order valence-corrected chi connectivity index (χ0v) is 19.6. The van der Waals surface area contributed by atoms with E-state index in [1.165, 1.54) is 12.8 Å². The lowest BCUT2D eigenvalue weighted by Gasteiger charge is -2.32. The first-order valence-electron chi connectivity index (χ1n) is 9.34. The van der Waals surface area contributed by atoms with Crippen LogP contribution in [-0.2, 0) is 10.0 Å². The summed E-state index contributed by atoms with van der Waals surface area (Å²) in [5, 5.41) is 6.40. The van der Waals surface area contributed by atoms with Crippen LogP contribution in [0, 0.1) is 5.92 Å². The Morgan fingerprint density at radius 3 is 2.21 bits per heavy atom. The highest BCUT2D eigenvalue weighted by molar-refractivity contribution is 14.0. The van der Waals surface area contributed by atoms with Crippen LogP contribution in [0.2, 0.25) is 0 Å². The van der Waals surface area contributed by atoms with Crippen LogP contribution in [0.25, 0.3) is 0 Å². The van der Waals surface area contributed by atoms with Crippen LogP contribution in [-0.4, -0.2) is 81.4 Å². The van der Waals surface area contributed by atoms with E-state index in [2.05, 4.69) is 20.5 Å². The highest BCUT2D eigenvalue weighted by Gasteiger charge is 2.50. The van der Waals surface area contributed by atoms with E-state index in [9.17, 15) is 21.6 Å². The van der Waals surface area contributed by atoms with Crippen LogP contribution >= 0.6 is 24.0 Å². The van der Waals surface area contributed by atoms with Crippen molar-refractivity contribution in [3.8, 4) is 0 Å². The second-order valence-corrected chi connectivity index (χ2v) is 9.29. The molecular formula is C16H31F3IN5O2S. The second-order valence-electron chi connectivity index (χ2n) is 7.36. The Hall–Kier alpha value is -0.340. The number of rotatable bonds is 7. The molecule has 7 nitrogen and oxygen atoms in total. The number of halogens is 4. The van der Waals surface area contributed by atoms with Gasteiger partial charge in [0.25, 0.3) is 0 Å². The summed E-state index contributed by atoms with van der Waals surface area (Å²) in [6.07, 6.45) is 3.04. The SMILES string of the molecule is CCNC(=NCC(C1CC1)N(C)C)NC1CCN(S(=O)(=O)C(F)(F)F)CC1.I. The van der Waals surface area contributed by atoms with E-state index in [1.807, 2.05) is 21.0 Å². The summed E-state index contributed by atoms with van der Waals surface area (Å²) in [7, 11) is -1.17. The Bertz CT molecular complexity index is 616. The molecule has 0 spiro atoms. The minimum Gasteiger partial charge on any atom is -0.357 e. The molecule has 2 N–H and O–H groups in total. The average molecular weight is 541 g/mol. The van der Waals surface area contributed by atoms with Crippen molar-refractivity contribution in [3.63, 3.8) is 0 Å². The average Bonchev–Trinajstić information content (AvgIpc) is 3.39. The van der Waals surface area contributed by atoms with Crippen LogP contribution < -0.4 is 10.6 Å². The summed E-state index contributed by atoms with van der Waals surface area (Å²) in [6.45, 7) is 2.96. The van der Waals surface area contributed by atoms with Crippen LogP contribution in [0.3, 0.4) is 0 Å². The first-order chi connectivity index (χ1) is 12.6. The Balaban J connectivity index is 0.00000392. The Morgan fingerprint density at radius 2 is 1.79 bits per heavy atom. The molecule has 1 aliphatic heterocycles. The Morgan fingerprint density at radius 1 is 1.21 bits per heavy atom. The van der Waals surface area contributed by atoms with E-state index >= 15 is 0 Å². The minimum absolute atomic E-state index is 0. The van der Waals surface area contributed by atoms with Crippen molar-refractivity contribution in [1.29, 1.82) is 0 Å². The number of alkyl halides is 3. The number of piperidine rings is 1. The van der Waals surface area contributed by atoms with Gasteiger partial charge in [-0.3, -0.25) is 4.99 Å². The molecule has 166 valence electrons. The number of likely N-dealkylation sites (N-methyl/N-ethyl adjacent to an activating group) is 1. The van der Waals surface area contributed by atoms with Gasteiger partial charge < -0.3 is 15.5 Å². The number of nitrogens with zero attached hydrogens (tertiary/aromatic N) is 3. The highest BCUT2D eigenvalue weighted by atomic mass is 127. The molecule has 0 aromatic carbocycles. The zero-order valence-electron chi connectivity index (χ0n) is 16.5. The van der Waals surface area contributed by atoms with Crippen molar-refractivity contribution >= 4 is 40.0 Å². The quantitative estimate of drug-likeness (QED) is 0.292. The van der Waals surface area contributed by atoms with Gasteiger partial charge in [0.15, 0.2) is 5.96 Å². The first-order valence-corrected chi connectivity index (χ1v) is 10.8. The highest BCUT2D eigenvalue weighted by Crippen LogP contribution is 2.34. The first kappa shape index (κ1) is 25.7. The molecule has 1 saturated carbocycles. The maximum absolute atomic E-state index is 12.7. The van der Waals surface area contributed by atoms with Crippen molar-refractivity contribution in [1.82, 2.24) is 19.8 Å². The van der Waals surface area contributed by atoms with Gasteiger partial charge in [-0.1, -0.05) is 0 Å². The largest absolute Gasteiger partial charge is 0.511 e. The number of sulfonamides is 1. The third-order valence-electron chi connectivity index (χ3n) is 5.04. The number of guanidine groups is 1. The number of aliphatic imine (C=N–C) groups is 1. The molecule has 0 radical (unpaired) electrons. The molecule has 1 saturated heterocycles. The normalized spacial score (nSPS) is 21.3. The molecule has 1 aliphatic carbocycles. The van der Waals surface area contributed by atoms with Crippen molar-refractivity contribution in [2.75, 3.05) is 40.3 Å². The molecule has 28 heavy (non-hydrogen) atoms. The molecule has 0 aromatic heterocycles. The van der Waals surface area contributed by atoms with E-state index in [0.717, 1.165) is 0 Å². The van der Waals surface area contributed by atoms with Gasteiger partial charge in [0.05, 0.1) is 6.54 Å². The Labute approximate surface area is 182 Å². The van der Waals surface area contributed by atoms with Gasteiger partial charge in [-0.15, -0.1) is 24.0 Å². The van der Waals surface area contributed by atoms with E-state index in [-0.39, 0.29) is 43.1 Å². The van der Waals surface area contributed by atoms with Crippen LogP contribution in [0.1, 0.15) is 32.6 Å². The maximum Gasteiger partial charge on any atom is 0.511 e. The van der Waals surface area contributed by atoms with Gasteiger partial charge in [-0.2, -0.15) is 17.5 Å². The van der Waals surface area contributed by atoms with E-state index < -0.39 is 15.5 Å². The molecule has 2 fully saturated rings. The van der Waals surface area contributed by atoms with Crippen molar-refractivity contribution < 1.29 is 21.6 Å². The molecule has 1 atom stereocenters. The third kappa shape index (κ3) is 6.87. The van der Waals surface area contributed by atoms with E-state index in [4.69, 9.17) is 0 Å². The lowest BCUT2D eigenvalue weighted by molar-refractivity contribution is -0.0494. The topological polar surface area (TPSA) is 77.0 Å². The number of hydrogen-bond donors (Lipinski definition) is 2. The predicted molar refractivity (Wildman–Crippen MR) is 114 cm³/mol. The molecule has 2 rings (SSSR count). The Kier molecular flexibility index (Phi) is 9.74. The molecule has 0 amide bonds. The molecule has 12 heteroatoms. The summed E-state index contributed by atoms with van der Waals surface area (Å²) in [4.78, 5) is 6.81. The van der Waals surface area contributed by atoms with Crippen molar-refractivity contribution in [2.24, 2.45) is 10.9 Å². The summed E-state index contributed by atoms with van der Waals surface area (Å²) >= 11 is 0. The molecule has 1 unspecified atom stereocenters. The van der Waals surface area contributed by atoms with Gasteiger partial charge in [0.2, 0.25) is 0 Å².